The highest BCUT2D eigenvalue weighted by molar-refractivity contribution is 9.18. The average molecular weight is 372 g/mol. The van der Waals surface area contributed by atoms with E-state index in [0.29, 0.717) is 15.5 Å². The molecule has 0 fully saturated rings. The summed E-state index contributed by atoms with van der Waals surface area (Å²) in [7, 11) is 1.60. The molecule has 3 nitrogen and oxygen atoms in total. The van der Waals surface area contributed by atoms with Crippen molar-refractivity contribution in [1.29, 1.82) is 0 Å². The van der Waals surface area contributed by atoms with Crippen molar-refractivity contribution in [2.75, 3.05) is 12.4 Å². The molecular formula is C8H5Br2ClN2OS. The lowest BCUT2D eigenvalue weighted by atomic mass is 10.3. The number of benzene rings is 1. The van der Waals surface area contributed by atoms with Crippen molar-refractivity contribution in [3.05, 3.63) is 15.6 Å². The van der Waals surface area contributed by atoms with E-state index in [4.69, 9.17) is 16.3 Å². The molecule has 0 saturated heterocycles. The molecule has 1 N–H and O–H groups in total. The molecular weight excluding hydrogens is 367 g/mol. The van der Waals surface area contributed by atoms with Gasteiger partial charge in [-0.1, -0.05) is 11.6 Å². The molecule has 1 heterocycles. The van der Waals surface area contributed by atoms with Crippen LogP contribution in [0.1, 0.15) is 0 Å². The number of nitrogens with zero attached hydrogens (tertiary/aromatic N) is 1. The quantitative estimate of drug-likeness (QED) is 0.590. The summed E-state index contributed by atoms with van der Waals surface area (Å²) in [6.45, 7) is 0. The van der Waals surface area contributed by atoms with Crippen molar-refractivity contribution in [2.24, 2.45) is 4.40 Å². The van der Waals surface area contributed by atoms with Crippen LogP contribution in [-0.2, 0) is 0 Å². The van der Waals surface area contributed by atoms with Crippen LogP contribution in [0.2, 0.25) is 5.02 Å². The summed E-state index contributed by atoms with van der Waals surface area (Å²) in [6, 6.07) is 1.75. The minimum Gasteiger partial charge on any atom is -0.494 e. The fourth-order valence-corrected chi connectivity index (χ4v) is 3.00. The van der Waals surface area contributed by atoms with Crippen molar-refractivity contribution in [2.45, 2.75) is 4.90 Å². The predicted molar refractivity (Wildman–Crippen MR) is 71.5 cm³/mol. The highest BCUT2D eigenvalue weighted by atomic mass is 79.9. The van der Waals surface area contributed by atoms with Gasteiger partial charge in [0, 0.05) is 18.0 Å². The molecule has 80 valence electrons. The van der Waals surface area contributed by atoms with E-state index in [-0.39, 0.29) is 0 Å². The number of methoxy groups -OCH3 is 1. The Bertz CT molecular complexity index is 453. The van der Waals surface area contributed by atoms with Gasteiger partial charge in [0.05, 0.1) is 27.2 Å². The minimum absolute atomic E-state index is 0.605. The van der Waals surface area contributed by atoms with Gasteiger partial charge in [-0.3, -0.25) is 0 Å². The van der Waals surface area contributed by atoms with Gasteiger partial charge in [-0.2, -0.15) is 4.40 Å². The summed E-state index contributed by atoms with van der Waals surface area (Å²) < 4.78 is 10.9. The molecule has 0 unspecified atom stereocenters. The Labute approximate surface area is 113 Å². The normalized spacial score (nSPS) is 14.0. The lowest BCUT2D eigenvalue weighted by Crippen LogP contribution is -2.09. The summed E-state index contributed by atoms with van der Waals surface area (Å²) >= 11 is 14.1. The van der Waals surface area contributed by atoms with Gasteiger partial charge in [0.2, 0.25) is 0 Å². The average Bonchev–Trinajstić information content (AvgIpc) is 2.23. The molecule has 0 amide bonds. The SMILES string of the molecule is COc1cc(Cl)c(Br)c2c1NC(Br)=NS2. The first-order valence-electron chi connectivity index (χ1n) is 3.87. The van der Waals surface area contributed by atoms with Crippen molar-refractivity contribution in [3.8, 4) is 5.75 Å². The van der Waals surface area contributed by atoms with Crippen LogP contribution in [0.25, 0.3) is 0 Å². The fraction of sp³-hybridized carbons (Fsp3) is 0.125. The number of ether oxygens (including phenoxy) is 1. The van der Waals surface area contributed by atoms with E-state index in [1.807, 2.05) is 0 Å². The van der Waals surface area contributed by atoms with Gasteiger partial charge >= 0.3 is 0 Å². The minimum atomic E-state index is 0.605. The predicted octanol–water partition coefficient (Wildman–Crippen LogP) is 4.29. The monoisotopic (exact) mass is 370 g/mol. The number of hydrogen-bond donors (Lipinski definition) is 1. The molecule has 0 radical (unpaired) electrons. The van der Waals surface area contributed by atoms with Crippen LogP contribution in [0.4, 0.5) is 5.69 Å². The molecule has 7 heteroatoms. The van der Waals surface area contributed by atoms with Crippen LogP contribution >= 0.6 is 55.4 Å². The van der Waals surface area contributed by atoms with Crippen LogP contribution in [-0.4, -0.2) is 11.9 Å². The van der Waals surface area contributed by atoms with E-state index in [1.165, 1.54) is 11.9 Å². The van der Waals surface area contributed by atoms with Gasteiger partial charge < -0.3 is 10.1 Å². The molecule has 15 heavy (non-hydrogen) atoms. The molecule has 0 spiro atoms. The first-order chi connectivity index (χ1) is 7.13. The summed E-state index contributed by atoms with van der Waals surface area (Å²) in [5.74, 6) is 0.692. The fourth-order valence-electron chi connectivity index (χ4n) is 1.16. The molecule has 1 aliphatic rings. The second-order valence-electron chi connectivity index (χ2n) is 2.68. The standard InChI is InChI=1S/C8H5Br2ClN2OS/c1-14-4-2-3(11)5(9)7-6(4)12-8(10)13-15-7/h2H,1H3,(H,12,13). The highest BCUT2D eigenvalue weighted by Crippen LogP contribution is 2.47. The van der Waals surface area contributed by atoms with Crippen LogP contribution in [0.5, 0.6) is 5.75 Å². The van der Waals surface area contributed by atoms with Crippen molar-refractivity contribution < 1.29 is 4.74 Å². The molecule has 1 aromatic carbocycles. The second-order valence-corrected chi connectivity index (χ2v) is 5.40. The number of hydrogen-bond acceptors (Lipinski definition) is 4. The van der Waals surface area contributed by atoms with Gasteiger partial charge in [0.15, 0.2) is 4.74 Å². The molecule has 1 aliphatic heterocycles. The Kier molecular flexibility index (Phi) is 3.49. The van der Waals surface area contributed by atoms with E-state index >= 15 is 0 Å². The third-order valence-corrected chi connectivity index (χ3v) is 4.89. The molecule has 2 rings (SSSR count). The van der Waals surface area contributed by atoms with Gasteiger partial charge in [-0.25, -0.2) is 0 Å². The maximum atomic E-state index is 6.04. The van der Waals surface area contributed by atoms with Crippen LogP contribution in [0, 0.1) is 0 Å². The molecule has 1 aromatic rings. The van der Waals surface area contributed by atoms with Gasteiger partial charge in [-0.15, -0.1) is 0 Å². The maximum absolute atomic E-state index is 6.04. The zero-order chi connectivity index (χ0) is 11.0. The number of halogens is 3. The van der Waals surface area contributed by atoms with Crippen molar-refractivity contribution in [3.63, 3.8) is 0 Å². The molecule has 0 saturated carbocycles. The van der Waals surface area contributed by atoms with E-state index in [1.54, 1.807) is 13.2 Å². The summed E-state index contributed by atoms with van der Waals surface area (Å²) in [6.07, 6.45) is 0. The van der Waals surface area contributed by atoms with Crippen LogP contribution < -0.4 is 10.1 Å². The van der Waals surface area contributed by atoms with E-state index in [2.05, 4.69) is 41.6 Å². The van der Waals surface area contributed by atoms with E-state index in [9.17, 15) is 0 Å². The number of fused-ring (bicyclic) bond motifs is 1. The van der Waals surface area contributed by atoms with Gasteiger partial charge in [0.1, 0.15) is 5.75 Å². The number of rotatable bonds is 1. The number of anilines is 1. The summed E-state index contributed by atoms with van der Waals surface area (Å²) in [5.41, 5.74) is 0.862. The first-order valence-corrected chi connectivity index (χ1v) is 6.60. The van der Waals surface area contributed by atoms with Gasteiger partial charge in [0.25, 0.3) is 0 Å². The van der Waals surface area contributed by atoms with E-state index < -0.39 is 0 Å². The first kappa shape index (κ1) is 11.6. The van der Waals surface area contributed by atoms with Crippen LogP contribution in [0.15, 0.2) is 19.8 Å². The largest absolute Gasteiger partial charge is 0.494 e. The second kappa shape index (κ2) is 4.53. The topological polar surface area (TPSA) is 33.6 Å². The smallest absolute Gasteiger partial charge is 0.182 e. The molecule has 0 bridgehead atoms. The number of nitrogens with one attached hydrogen (secondary N) is 1. The number of amidine groups is 1. The zero-order valence-electron chi connectivity index (χ0n) is 7.47. The Morgan fingerprint density at radius 3 is 2.93 bits per heavy atom. The van der Waals surface area contributed by atoms with Crippen molar-refractivity contribution in [1.82, 2.24) is 0 Å². The lowest BCUT2D eigenvalue weighted by molar-refractivity contribution is 0.416. The third-order valence-electron chi connectivity index (χ3n) is 1.81. The van der Waals surface area contributed by atoms with Gasteiger partial charge in [-0.05, 0) is 31.9 Å². The van der Waals surface area contributed by atoms with Crippen molar-refractivity contribution >= 4 is 65.8 Å². The Balaban J connectivity index is 2.61. The third kappa shape index (κ3) is 2.13. The summed E-state index contributed by atoms with van der Waals surface area (Å²) in [5, 5.41) is 3.68. The Morgan fingerprint density at radius 2 is 2.27 bits per heavy atom. The van der Waals surface area contributed by atoms with E-state index in [0.717, 1.165) is 15.1 Å². The Hall–Kier alpha value is 0.0900. The Morgan fingerprint density at radius 1 is 1.53 bits per heavy atom. The molecule has 0 aromatic heterocycles. The maximum Gasteiger partial charge on any atom is 0.182 e. The molecule has 0 atom stereocenters. The zero-order valence-corrected chi connectivity index (χ0v) is 12.2. The molecule has 0 aliphatic carbocycles. The van der Waals surface area contributed by atoms with Crippen LogP contribution in [0.3, 0.4) is 0 Å². The lowest BCUT2D eigenvalue weighted by Gasteiger charge is -2.19. The summed E-state index contributed by atoms with van der Waals surface area (Å²) in [4.78, 5) is 0.919. The highest BCUT2D eigenvalue weighted by Gasteiger charge is 2.21.